The molecule has 1 aliphatic rings. The Kier molecular flexibility index (Phi) is 4.03. The van der Waals surface area contributed by atoms with Gasteiger partial charge in [-0.15, -0.1) is 11.8 Å². The lowest BCUT2D eigenvalue weighted by atomic mass is 10.1. The molecule has 1 fully saturated rings. The largest absolute Gasteiger partial charge is 0.313 e. The summed E-state index contributed by atoms with van der Waals surface area (Å²) in [5.41, 5.74) is 0. The Hall–Kier alpha value is -0.540. The second-order valence-electron chi connectivity index (χ2n) is 3.92. The smallest absolute Gasteiger partial charge is 0.124 e. The van der Waals surface area contributed by atoms with Gasteiger partial charge < -0.3 is 5.32 Å². The van der Waals surface area contributed by atoms with Crippen LogP contribution < -0.4 is 5.32 Å². The first-order valence-corrected chi connectivity index (χ1v) is 6.45. The predicted octanol–water partition coefficient (Wildman–Crippen LogP) is 3.06. The standard InChI is InChI=1S/C12H16FNS/c13-10-4-3-6-12(8-10)15-9-11-5-1-2-7-14-11/h3-4,6,8,11,14H,1-2,5,7,9H2. The minimum atomic E-state index is -0.142. The molecule has 82 valence electrons. The molecule has 1 aromatic rings. The second-order valence-corrected chi connectivity index (χ2v) is 5.01. The number of nitrogens with one attached hydrogen (secondary N) is 1. The molecular weight excluding hydrogens is 209 g/mol. The van der Waals surface area contributed by atoms with E-state index in [1.54, 1.807) is 23.9 Å². The third-order valence-corrected chi connectivity index (χ3v) is 3.82. The predicted molar refractivity (Wildman–Crippen MR) is 62.8 cm³/mol. The number of hydrogen-bond acceptors (Lipinski definition) is 2. The zero-order chi connectivity index (χ0) is 10.5. The van der Waals surface area contributed by atoms with Gasteiger partial charge in [-0.05, 0) is 37.6 Å². The molecule has 1 saturated heterocycles. The first-order valence-electron chi connectivity index (χ1n) is 5.46. The SMILES string of the molecule is Fc1cccc(SCC2CCCCN2)c1. The number of benzene rings is 1. The van der Waals surface area contributed by atoms with Crippen molar-refractivity contribution in [1.29, 1.82) is 0 Å². The summed E-state index contributed by atoms with van der Waals surface area (Å²) < 4.78 is 12.9. The molecule has 0 bridgehead atoms. The van der Waals surface area contributed by atoms with E-state index in [9.17, 15) is 4.39 Å². The summed E-state index contributed by atoms with van der Waals surface area (Å²) >= 11 is 1.74. The molecule has 0 spiro atoms. The third kappa shape index (κ3) is 3.50. The summed E-state index contributed by atoms with van der Waals surface area (Å²) in [7, 11) is 0. The molecule has 3 heteroatoms. The highest BCUT2D eigenvalue weighted by Gasteiger charge is 2.12. The molecule has 1 atom stereocenters. The summed E-state index contributed by atoms with van der Waals surface area (Å²) in [5.74, 6) is 0.903. The number of halogens is 1. The van der Waals surface area contributed by atoms with Crippen molar-refractivity contribution < 1.29 is 4.39 Å². The van der Waals surface area contributed by atoms with Crippen molar-refractivity contribution in [1.82, 2.24) is 5.32 Å². The summed E-state index contributed by atoms with van der Waals surface area (Å²) in [4.78, 5) is 1.03. The van der Waals surface area contributed by atoms with Gasteiger partial charge in [0.05, 0.1) is 0 Å². The van der Waals surface area contributed by atoms with Crippen LogP contribution >= 0.6 is 11.8 Å². The van der Waals surface area contributed by atoms with Gasteiger partial charge in [0.1, 0.15) is 5.82 Å². The molecule has 0 saturated carbocycles. The van der Waals surface area contributed by atoms with E-state index < -0.39 is 0 Å². The molecule has 0 aliphatic carbocycles. The van der Waals surface area contributed by atoms with Gasteiger partial charge in [0.25, 0.3) is 0 Å². The molecule has 1 aliphatic heterocycles. The molecule has 1 heterocycles. The Bertz CT molecular complexity index is 310. The molecule has 15 heavy (non-hydrogen) atoms. The van der Waals surface area contributed by atoms with Crippen LogP contribution in [0.25, 0.3) is 0 Å². The third-order valence-electron chi connectivity index (χ3n) is 2.66. The Morgan fingerprint density at radius 1 is 1.40 bits per heavy atom. The number of piperidine rings is 1. The van der Waals surface area contributed by atoms with E-state index in [1.807, 2.05) is 6.07 Å². The average Bonchev–Trinajstić information content (AvgIpc) is 2.28. The lowest BCUT2D eigenvalue weighted by Crippen LogP contribution is -2.35. The molecule has 0 radical (unpaired) electrons. The Balaban J connectivity index is 1.81. The molecule has 1 unspecified atom stereocenters. The van der Waals surface area contributed by atoms with Gasteiger partial charge in [0.2, 0.25) is 0 Å². The maximum atomic E-state index is 12.9. The first kappa shape index (κ1) is 11.0. The highest BCUT2D eigenvalue weighted by Crippen LogP contribution is 2.21. The minimum absolute atomic E-state index is 0.142. The van der Waals surface area contributed by atoms with Gasteiger partial charge in [0.15, 0.2) is 0 Å². The molecule has 2 rings (SSSR count). The fraction of sp³-hybridized carbons (Fsp3) is 0.500. The second kappa shape index (κ2) is 5.52. The molecule has 1 nitrogen and oxygen atoms in total. The van der Waals surface area contributed by atoms with Crippen LogP contribution in [0.1, 0.15) is 19.3 Å². The van der Waals surface area contributed by atoms with Crippen molar-refractivity contribution in [2.24, 2.45) is 0 Å². The zero-order valence-electron chi connectivity index (χ0n) is 8.71. The monoisotopic (exact) mass is 225 g/mol. The van der Waals surface area contributed by atoms with Crippen molar-refractivity contribution in [3.05, 3.63) is 30.1 Å². The topological polar surface area (TPSA) is 12.0 Å². The van der Waals surface area contributed by atoms with E-state index in [2.05, 4.69) is 5.32 Å². The fourth-order valence-electron chi connectivity index (χ4n) is 1.82. The maximum Gasteiger partial charge on any atom is 0.124 e. The quantitative estimate of drug-likeness (QED) is 0.793. The normalized spacial score (nSPS) is 21.5. The highest BCUT2D eigenvalue weighted by molar-refractivity contribution is 7.99. The average molecular weight is 225 g/mol. The van der Waals surface area contributed by atoms with Gasteiger partial charge >= 0.3 is 0 Å². The zero-order valence-corrected chi connectivity index (χ0v) is 9.52. The lowest BCUT2D eigenvalue weighted by Gasteiger charge is -2.22. The Morgan fingerprint density at radius 3 is 3.07 bits per heavy atom. The number of thioether (sulfide) groups is 1. The van der Waals surface area contributed by atoms with Crippen LogP contribution in [0.2, 0.25) is 0 Å². The van der Waals surface area contributed by atoms with Crippen molar-refractivity contribution in [3.8, 4) is 0 Å². The van der Waals surface area contributed by atoms with Crippen molar-refractivity contribution >= 4 is 11.8 Å². The Labute approximate surface area is 94.5 Å². The summed E-state index contributed by atoms with van der Waals surface area (Å²) in [6, 6.07) is 7.44. The van der Waals surface area contributed by atoms with Gasteiger partial charge in [-0.3, -0.25) is 0 Å². The minimum Gasteiger partial charge on any atom is -0.313 e. The summed E-state index contributed by atoms with van der Waals surface area (Å²) in [5, 5.41) is 3.49. The summed E-state index contributed by atoms with van der Waals surface area (Å²) in [6.07, 6.45) is 3.87. The van der Waals surface area contributed by atoms with E-state index in [1.165, 1.54) is 25.3 Å². The molecule has 1 aromatic carbocycles. The van der Waals surface area contributed by atoms with E-state index in [0.717, 1.165) is 17.2 Å². The van der Waals surface area contributed by atoms with Gasteiger partial charge in [-0.2, -0.15) is 0 Å². The number of hydrogen-bond donors (Lipinski definition) is 1. The first-order chi connectivity index (χ1) is 7.34. The van der Waals surface area contributed by atoms with Crippen LogP contribution in [0.3, 0.4) is 0 Å². The highest BCUT2D eigenvalue weighted by atomic mass is 32.2. The fourth-order valence-corrected chi connectivity index (χ4v) is 2.87. The van der Waals surface area contributed by atoms with E-state index in [0.29, 0.717) is 6.04 Å². The summed E-state index contributed by atoms with van der Waals surface area (Å²) in [6.45, 7) is 1.13. The molecule has 1 N–H and O–H groups in total. The van der Waals surface area contributed by atoms with Crippen LogP contribution in [0.5, 0.6) is 0 Å². The van der Waals surface area contributed by atoms with Crippen LogP contribution in [0.15, 0.2) is 29.2 Å². The van der Waals surface area contributed by atoms with Crippen LogP contribution in [0.4, 0.5) is 4.39 Å². The molecule has 0 aromatic heterocycles. The van der Waals surface area contributed by atoms with E-state index >= 15 is 0 Å². The van der Waals surface area contributed by atoms with Crippen molar-refractivity contribution in [2.45, 2.75) is 30.2 Å². The van der Waals surface area contributed by atoms with Crippen LogP contribution in [-0.4, -0.2) is 18.3 Å². The van der Waals surface area contributed by atoms with Gasteiger partial charge in [-0.25, -0.2) is 4.39 Å². The van der Waals surface area contributed by atoms with Gasteiger partial charge in [-0.1, -0.05) is 12.5 Å². The van der Waals surface area contributed by atoms with Crippen LogP contribution in [0, 0.1) is 5.82 Å². The lowest BCUT2D eigenvalue weighted by molar-refractivity contribution is 0.430. The van der Waals surface area contributed by atoms with Crippen molar-refractivity contribution in [3.63, 3.8) is 0 Å². The van der Waals surface area contributed by atoms with Crippen molar-refractivity contribution in [2.75, 3.05) is 12.3 Å². The van der Waals surface area contributed by atoms with E-state index in [4.69, 9.17) is 0 Å². The molecular formula is C12H16FNS. The van der Waals surface area contributed by atoms with E-state index in [-0.39, 0.29) is 5.82 Å². The number of rotatable bonds is 3. The van der Waals surface area contributed by atoms with Crippen LogP contribution in [-0.2, 0) is 0 Å². The molecule has 0 amide bonds. The maximum absolute atomic E-state index is 12.9. The Morgan fingerprint density at radius 2 is 2.33 bits per heavy atom. The van der Waals surface area contributed by atoms with Gasteiger partial charge in [0, 0.05) is 16.7 Å².